The van der Waals surface area contributed by atoms with Crippen LogP contribution in [0.2, 0.25) is 0 Å². The van der Waals surface area contributed by atoms with Crippen LogP contribution in [0.4, 0.5) is 10.1 Å². The quantitative estimate of drug-likeness (QED) is 0.632. The van der Waals surface area contributed by atoms with Crippen LogP contribution in [-0.4, -0.2) is 24.7 Å². The van der Waals surface area contributed by atoms with Gasteiger partial charge in [0.15, 0.2) is 5.75 Å². The normalized spacial score (nSPS) is 18.9. The van der Waals surface area contributed by atoms with E-state index in [0.29, 0.717) is 19.8 Å². The molecule has 0 saturated carbocycles. The summed E-state index contributed by atoms with van der Waals surface area (Å²) in [6, 6.07) is 2.13. The lowest BCUT2D eigenvalue weighted by Crippen LogP contribution is -2.12. The number of hydrogen-bond acceptors (Lipinski definition) is 4. The van der Waals surface area contributed by atoms with Crippen molar-refractivity contribution in [3.05, 3.63) is 32.5 Å². The number of ether oxygens (including phenoxy) is 2. The second-order valence-electron chi connectivity index (χ2n) is 4.03. The van der Waals surface area contributed by atoms with E-state index in [-0.39, 0.29) is 21.8 Å². The van der Waals surface area contributed by atoms with Gasteiger partial charge in [-0.2, -0.15) is 0 Å². The van der Waals surface area contributed by atoms with Crippen molar-refractivity contribution < 1.29 is 18.8 Å². The zero-order valence-corrected chi connectivity index (χ0v) is 11.0. The topological polar surface area (TPSA) is 61.6 Å². The molecule has 0 amide bonds. The summed E-state index contributed by atoms with van der Waals surface area (Å²) in [4.78, 5) is 10.2. The molecule has 0 aliphatic carbocycles. The fourth-order valence-electron chi connectivity index (χ4n) is 1.70. The number of nitro benzene ring substituents is 1. The third kappa shape index (κ3) is 2.97. The van der Waals surface area contributed by atoms with Gasteiger partial charge in [-0.25, -0.2) is 4.39 Å². The van der Waals surface area contributed by atoms with Crippen LogP contribution in [0, 0.1) is 21.8 Å². The first-order valence-corrected chi connectivity index (χ1v) is 6.21. The van der Waals surface area contributed by atoms with Crippen molar-refractivity contribution in [3.63, 3.8) is 0 Å². The first-order valence-electron chi connectivity index (χ1n) is 5.42. The second kappa shape index (κ2) is 5.62. The van der Waals surface area contributed by atoms with Crippen LogP contribution in [0.3, 0.4) is 0 Å². The van der Waals surface area contributed by atoms with E-state index in [1.165, 1.54) is 0 Å². The number of hydrogen-bond donors (Lipinski definition) is 0. The van der Waals surface area contributed by atoms with E-state index in [1.807, 2.05) is 0 Å². The van der Waals surface area contributed by atoms with Crippen LogP contribution >= 0.6 is 15.9 Å². The Bertz CT molecular complexity index is 463. The van der Waals surface area contributed by atoms with Crippen molar-refractivity contribution in [2.45, 2.75) is 6.42 Å². The van der Waals surface area contributed by atoms with Gasteiger partial charge in [-0.1, -0.05) is 0 Å². The molecule has 0 N–H and O–H groups in total. The molecule has 1 atom stereocenters. The lowest BCUT2D eigenvalue weighted by molar-refractivity contribution is -0.386. The van der Waals surface area contributed by atoms with E-state index >= 15 is 0 Å². The lowest BCUT2D eigenvalue weighted by atomic mass is 10.1. The minimum atomic E-state index is -0.593. The third-order valence-corrected chi connectivity index (χ3v) is 3.30. The molecule has 0 bridgehead atoms. The Morgan fingerprint density at radius 3 is 3.00 bits per heavy atom. The highest BCUT2D eigenvalue weighted by molar-refractivity contribution is 9.10. The number of rotatable bonds is 4. The average molecular weight is 320 g/mol. The molecule has 0 radical (unpaired) electrons. The van der Waals surface area contributed by atoms with E-state index in [1.54, 1.807) is 0 Å². The van der Waals surface area contributed by atoms with Crippen molar-refractivity contribution in [1.82, 2.24) is 0 Å². The molecule has 18 heavy (non-hydrogen) atoms. The Kier molecular flexibility index (Phi) is 4.13. The molecule has 5 nitrogen and oxygen atoms in total. The van der Waals surface area contributed by atoms with Crippen molar-refractivity contribution in [3.8, 4) is 5.75 Å². The number of nitrogens with zero attached hydrogens (tertiary/aromatic N) is 1. The summed E-state index contributed by atoms with van der Waals surface area (Å²) in [5, 5.41) is 10.8. The first kappa shape index (κ1) is 13.2. The summed E-state index contributed by atoms with van der Waals surface area (Å²) in [6.07, 6.45) is 0.854. The van der Waals surface area contributed by atoms with Gasteiger partial charge in [-0.15, -0.1) is 0 Å². The SMILES string of the molecule is O=[N+]([O-])c1cc(Br)c(F)cc1OC[C@@H]1CCOC1. The smallest absolute Gasteiger partial charge is 0.312 e. The molecule has 0 spiro atoms. The maximum Gasteiger partial charge on any atom is 0.312 e. The van der Waals surface area contributed by atoms with Crippen molar-refractivity contribution in [1.29, 1.82) is 0 Å². The molecule has 1 aliphatic heterocycles. The highest BCUT2D eigenvalue weighted by Crippen LogP contribution is 2.33. The minimum absolute atomic E-state index is 0.0470. The van der Waals surface area contributed by atoms with Gasteiger partial charge in [0, 0.05) is 24.7 Å². The summed E-state index contributed by atoms with van der Waals surface area (Å²) in [6.45, 7) is 1.54. The van der Waals surface area contributed by atoms with E-state index in [2.05, 4.69) is 15.9 Å². The Balaban J connectivity index is 2.14. The molecule has 0 aromatic heterocycles. The van der Waals surface area contributed by atoms with Gasteiger partial charge in [0.05, 0.1) is 22.6 Å². The second-order valence-corrected chi connectivity index (χ2v) is 4.89. The van der Waals surface area contributed by atoms with Crippen LogP contribution in [0.25, 0.3) is 0 Å². The zero-order valence-electron chi connectivity index (χ0n) is 9.40. The maximum absolute atomic E-state index is 13.3. The standard InChI is InChI=1S/C11H11BrFNO4/c12-8-3-10(14(15)16)11(4-9(8)13)18-6-7-1-2-17-5-7/h3-4,7H,1-2,5-6H2/t7-/m1/s1. The maximum atomic E-state index is 13.3. The summed E-state index contributed by atoms with van der Waals surface area (Å²) in [7, 11) is 0. The van der Waals surface area contributed by atoms with Gasteiger partial charge in [-0.05, 0) is 22.4 Å². The molecular weight excluding hydrogens is 309 g/mol. The summed E-state index contributed by atoms with van der Waals surface area (Å²) < 4.78 is 23.9. The van der Waals surface area contributed by atoms with Crippen LogP contribution in [-0.2, 0) is 4.74 Å². The van der Waals surface area contributed by atoms with Gasteiger partial charge in [0.2, 0.25) is 0 Å². The molecule has 1 heterocycles. The van der Waals surface area contributed by atoms with Gasteiger partial charge >= 0.3 is 5.69 Å². The number of nitro groups is 1. The van der Waals surface area contributed by atoms with Crippen molar-refractivity contribution >= 4 is 21.6 Å². The summed E-state index contributed by atoms with van der Waals surface area (Å²) in [5.41, 5.74) is -0.248. The molecule has 1 aromatic carbocycles. The molecule has 1 aliphatic rings. The van der Waals surface area contributed by atoms with Crippen molar-refractivity contribution in [2.75, 3.05) is 19.8 Å². The first-order chi connectivity index (χ1) is 8.58. The van der Waals surface area contributed by atoms with Crippen LogP contribution in [0.1, 0.15) is 6.42 Å². The summed E-state index contributed by atoms with van der Waals surface area (Å²) >= 11 is 2.91. The summed E-state index contributed by atoms with van der Waals surface area (Å²) in [5.74, 6) is -0.429. The Hall–Kier alpha value is -1.21. The van der Waals surface area contributed by atoms with Gasteiger partial charge in [0.25, 0.3) is 0 Å². The molecular formula is C11H11BrFNO4. The van der Waals surface area contributed by atoms with Crippen LogP contribution < -0.4 is 4.74 Å². The zero-order chi connectivity index (χ0) is 13.1. The monoisotopic (exact) mass is 319 g/mol. The van der Waals surface area contributed by atoms with Crippen molar-refractivity contribution in [2.24, 2.45) is 5.92 Å². The highest BCUT2D eigenvalue weighted by atomic mass is 79.9. The van der Waals surface area contributed by atoms with E-state index in [0.717, 1.165) is 18.6 Å². The third-order valence-electron chi connectivity index (χ3n) is 2.70. The van der Waals surface area contributed by atoms with Gasteiger partial charge in [-0.3, -0.25) is 10.1 Å². The molecule has 1 fully saturated rings. The number of benzene rings is 1. The molecule has 1 aromatic rings. The fourth-order valence-corrected chi connectivity index (χ4v) is 2.03. The predicted octanol–water partition coefficient (Wildman–Crippen LogP) is 2.91. The lowest BCUT2D eigenvalue weighted by Gasteiger charge is -2.10. The largest absolute Gasteiger partial charge is 0.486 e. The predicted molar refractivity (Wildman–Crippen MR) is 65.2 cm³/mol. The Morgan fingerprint density at radius 1 is 1.61 bits per heavy atom. The Morgan fingerprint density at radius 2 is 2.39 bits per heavy atom. The van der Waals surface area contributed by atoms with E-state index in [4.69, 9.17) is 9.47 Å². The van der Waals surface area contributed by atoms with Crippen LogP contribution in [0.15, 0.2) is 16.6 Å². The molecule has 1 saturated heterocycles. The number of halogens is 2. The fraction of sp³-hybridized carbons (Fsp3) is 0.455. The van der Waals surface area contributed by atoms with E-state index in [9.17, 15) is 14.5 Å². The molecule has 7 heteroatoms. The minimum Gasteiger partial charge on any atom is -0.486 e. The molecule has 98 valence electrons. The molecule has 0 unspecified atom stereocenters. The van der Waals surface area contributed by atoms with E-state index < -0.39 is 10.7 Å². The van der Waals surface area contributed by atoms with Gasteiger partial charge in [0.1, 0.15) is 5.82 Å². The van der Waals surface area contributed by atoms with Gasteiger partial charge < -0.3 is 9.47 Å². The highest BCUT2D eigenvalue weighted by Gasteiger charge is 2.22. The Labute approximate surface area is 111 Å². The molecule has 2 rings (SSSR count). The van der Waals surface area contributed by atoms with Crippen LogP contribution in [0.5, 0.6) is 5.75 Å². The average Bonchev–Trinajstić information content (AvgIpc) is 2.83.